The van der Waals surface area contributed by atoms with Gasteiger partial charge in [-0.1, -0.05) is 119 Å². The minimum atomic E-state index is -0.807. The summed E-state index contributed by atoms with van der Waals surface area (Å²) < 4.78 is 0. The van der Waals surface area contributed by atoms with Crippen LogP contribution >= 0.6 is 21.6 Å². The maximum Gasteiger partial charge on any atom is 0.251 e. The van der Waals surface area contributed by atoms with Gasteiger partial charge in [-0.25, -0.2) is 0 Å². The Bertz CT molecular complexity index is 1410. The average Bonchev–Trinajstić information content (AvgIpc) is 3.10. The second-order valence-corrected chi connectivity index (χ2v) is 13.0. The molecule has 0 aromatic heterocycles. The Kier molecular flexibility index (Phi) is 14.2. The van der Waals surface area contributed by atoms with E-state index in [9.17, 15) is 19.2 Å². The Hall–Kier alpha value is -4.54. The predicted molar refractivity (Wildman–Crippen MR) is 187 cm³/mol. The number of hydrogen-bond acceptors (Lipinski definition) is 6. The zero-order valence-electron chi connectivity index (χ0n) is 25.4. The first kappa shape index (κ1) is 34.3. The fourth-order valence-electron chi connectivity index (χ4n) is 4.46. The maximum absolute atomic E-state index is 13.2. The van der Waals surface area contributed by atoms with Gasteiger partial charge in [0, 0.05) is 35.7 Å². The lowest BCUT2D eigenvalue weighted by Crippen LogP contribution is -2.49. The summed E-state index contributed by atoms with van der Waals surface area (Å²) in [6.07, 6.45) is 1.33. The summed E-state index contributed by atoms with van der Waals surface area (Å²) in [7, 11) is 2.71. The van der Waals surface area contributed by atoms with Gasteiger partial charge in [0.1, 0.15) is 12.1 Å². The number of nitrogens with one attached hydrogen (secondary N) is 4. The summed E-state index contributed by atoms with van der Waals surface area (Å²) in [5.41, 5.74) is 3.11. The van der Waals surface area contributed by atoms with E-state index in [0.29, 0.717) is 37.1 Å². The van der Waals surface area contributed by atoms with Gasteiger partial charge in [-0.05, 0) is 48.2 Å². The fourth-order valence-corrected chi connectivity index (χ4v) is 6.78. The van der Waals surface area contributed by atoms with Crippen LogP contribution in [0.15, 0.2) is 121 Å². The molecule has 0 fully saturated rings. The molecule has 0 spiro atoms. The lowest BCUT2D eigenvalue weighted by atomic mass is 10.1. The Labute approximate surface area is 277 Å². The summed E-state index contributed by atoms with van der Waals surface area (Å²) in [5, 5.41) is 11.6. The highest BCUT2D eigenvalue weighted by Gasteiger charge is 2.24. The number of benzene rings is 4. The van der Waals surface area contributed by atoms with Crippen LogP contribution in [-0.4, -0.2) is 60.3 Å². The fraction of sp³-hybridized carbons (Fsp3) is 0.222. The molecule has 4 N–H and O–H groups in total. The second-order valence-electron chi connectivity index (χ2n) is 10.4. The van der Waals surface area contributed by atoms with Crippen molar-refractivity contribution in [3.63, 3.8) is 0 Å². The number of carbonyl (C=O) groups is 4. The molecule has 0 saturated heterocycles. The topological polar surface area (TPSA) is 116 Å². The molecule has 4 aromatic rings. The molecule has 0 saturated carbocycles. The highest BCUT2D eigenvalue weighted by Crippen LogP contribution is 2.23. The smallest absolute Gasteiger partial charge is 0.251 e. The standard InChI is InChI=1S/C36H38N4O4S2/c41-33(29-17-9-3-10-18-29)39-31(35(43)37-23-21-27-13-5-1-6-14-27)25-45-46-26-32(40-34(42)30-19-11-4-12-20-30)36(44)38-24-22-28-15-7-2-8-16-28/h1-20,31-32H,21-26H2,(H,37,43)(H,38,44)(H,39,41)(H,40,42). The van der Waals surface area contributed by atoms with E-state index in [2.05, 4.69) is 21.3 Å². The van der Waals surface area contributed by atoms with Crippen molar-refractivity contribution in [1.82, 2.24) is 21.3 Å². The number of carbonyl (C=O) groups excluding carboxylic acids is 4. The van der Waals surface area contributed by atoms with Gasteiger partial charge in [-0.3, -0.25) is 19.2 Å². The summed E-state index contributed by atoms with van der Waals surface area (Å²) in [6.45, 7) is 0.851. The first-order valence-corrected chi connectivity index (χ1v) is 17.6. The van der Waals surface area contributed by atoms with Crippen LogP contribution in [0.4, 0.5) is 0 Å². The summed E-state index contributed by atoms with van der Waals surface area (Å²) >= 11 is 0. The number of amides is 4. The Morgan fingerprint density at radius 2 is 0.804 bits per heavy atom. The van der Waals surface area contributed by atoms with Crippen LogP contribution in [0.3, 0.4) is 0 Å². The molecule has 4 aromatic carbocycles. The van der Waals surface area contributed by atoms with Crippen molar-refractivity contribution in [3.05, 3.63) is 144 Å². The first-order valence-electron chi connectivity index (χ1n) is 15.1. The van der Waals surface area contributed by atoms with Gasteiger partial charge in [0.15, 0.2) is 0 Å². The van der Waals surface area contributed by atoms with Crippen molar-refractivity contribution in [1.29, 1.82) is 0 Å². The molecule has 4 amide bonds. The normalized spacial score (nSPS) is 11.9. The summed E-state index contributed by atoms with van der Waals surface area (Å²) in [5.74, 6) is -0.757. The van der Waals surface area contributed by atoms with Gasteiger partial charge >= 0.3 is 0 Å². The lowest BCUT2D eigenvalue weighted by molar-refractivity contribution is -0.123. The van der Waals surface area contributed by atoms with Gasteiger partial charge in [0.05, 0.1) is 0 Å². The van der Waals surface area contributed by atoms with Crippen molar-refractivity contribution in [2.45, 2.75) is 24.9 Å². The minimum Gasteiger partial charge on any atom is -0.354 e. The van der Waals surface area contributed by atoms with Crippen molar-refractivity contribution in [3.8, 4) is 0 Å². The molecule has 0 radical (unpaired) electrons. The number of rotatable bonds is 17. The van der Waals surface area contributed by atoms with Crippen LogP contribution in [0.2, 0.25) is 0 Å². The SMILES string of the molecule is O=C(NC(CSSCC(NC(=O)c1ccccc1)C(=O)NCCc1ccccc1)C(=O)NCCc1ccccc1)c1ccccc1. The molecule has 46 heavy (non-hydrogen) atoms. The van der Waals surface area contributed by atoms with E-state index in [0.717, 1.165) is 11.1 Å². The molecular weight excluding hydrogens is 617 g/mol. The summed E-state index contributed by atoms with van der Waals surface area (Å²) in [6, 6.07) is 35.5. The van der Waals surface area contributed by atoms with Crippen LogP contribution in [0, 0.1) is 0 Å². The highest BCUT2D eigenvalue weighted by atomic mass is 33.1. The predicted octanol–water partition coefficient (Wildman–Crippen LogP) is 4.68. The van der Waals surface area contributed by atoms with Crippen LogP contribution < -0.4 is 21.3 Å². The van der Waals surface area contributed by atoms with Gasteiger partial charge in [-0.2, -0.15) is 0 Å². The third-order valence-corrected chi connectivity index (χ3v) is 9.40. The third-order valence-electron chi connectivity index (χ3n) is 6.98. The van der Waals surface area contributed by atoms with Gasteiger partial charge < -0.3 is 21.3 Å². The average molecular weight is 655 g/mol. The van der Waals surface area contributed by atoms with Crippen LogP contribution in [-0.2, 0) is 22.4 Å². The van der Waals surface area contributed by atoms with Crippen LogP contribution in [0.5, 0.6) is 0 Å². The van der Waals surface area contributed by atoms with E-state index in [1.165, 1.54) is 21.6 Å². The van der Waals surface area contributed by atoms with Crippen LogP contribution in [0.25, 0.3) is 0 Å². The van der Waals surface area contributed by atoms with Crippen LogP contribution in [0.1, 0.15) is 31.8 Å². The van der Waals surface area contributed by atoms with E-state index < -0.39 is 12.1 Å². The zero-order chi connectivity index (χ0) is 32.4. The molecule has 10 heteroatoms. The van der Waals surface area contributed by atoms with E-state index in [1.807, 2.05) is 72.8 Å². The Balaban J connectivity index is 1.34. The Morgan fingerprint density at radius 3 is 1.15 bits per heavy atom. The molecule has 2 unspecified atom stereocenters. The van der Waals surface area contributed by atoms with Gasteiger partial charge in [0.2, 0.25) is 11.8 Å². The third kappa shape index (κ3) is 11.8. The maximum atomic E-state index is 13.2. The molecule has 238 valence electrons. The van der Waals surface area contributed by atoms with Crippen molar-refractivity contribution in [2.75, 3.05) is 24.6 Å². The van der Waals surface area contributed by atoms with Gasteiger partial charge in [0.25, 0.3) is 11.8 Å². The first-order chi connectivity index (χ1) is 22.5. The molecular formula is C36H38N4O4S2. The van der Waals surface area contributed by atoms with E-state index >= 15 is 0 Å². The molecule has 8 nitrogen and oxygen atoms in total. The molecule has 4 rings (SSSR count). The minimum absolute atomic E-state index is 0.259. The highest BCUT2D eigenvalue weighted by molar-refractivity contribution is 8.76. The largest absolute Gasteiger partial charge is 0.354 e. The molecule has 0 aliphatic rings. The van der Waals surface area contributed by atoms with Gasteiger partial charge in [-0.15, -0.1) is 0 Å². The number of hydrogen-bond donors (Lipinski definition) is 4. The zero-order valence-corrected chi connectivity index (χ0v) is 27.0. The lowest BCUT2D eigenvalue weighted by Gasteiger charge is -2.20. The van der Waals surface area contributed by atoms with E-state index in [1.54, 1.807) is 48.5 Å². The van der Waals surface area contributed by atoms with Crippen molar-refractivity contribution in [2.24, 2.45) is 0 Å². The molecule has 0 bridgehead atoms. The molecule has 0 aliphatic heterocycles. The second kappa shape index (κ2) is 19.1. The molecule has 0 heterocycles. The molecule has 0 aliphatic carbocycles. The molecule has 2 atom stereocenters. The Morgan fingerprint density at radius 1 is 0.478 bits per heavy atom. The van der Waals surface area contributed by atoms with E-state index in [-0.39, 0.29) is 35.1 Å². The van der Waals surface area contributed by atoms with E-state index in [4.69, 9.17) is 0 Å². The quantitative estimate of drug-likeness (QED) is 0.0971. The van der Waals surface area contributed by atoms with Crippen molar-refractivity contribution < 1.29 is 19.2 Å². The van der Waals surface area contributed by atoms with Crippen molar-refractivity contribution >= 4 is 45.2 Å². The monoisotopic (exact) mass is 654 g/mol. The summed E-state index contributed by atoms with van der Waals surface area (Å²) in [4.78, 5) is 52.3.